The quantitative estimate of drug-likeness (QED) is 0.257. The van der Waals surface area contributed by atoms with Gasteiger partial charge in [-0.05, 0) is 54.2 Å². The van der Waals surface area contributed by atoms with E-state index in [-0.39, 0.29) is 23.3 Å². The van der Waals surface area contributed by atoms with Crippen molar-refractivity contribution in [2.75, 3.05) is 18.4 Å². The van der Waals surface area contributed by atoms with Crippen molar-refractivity contribution < 1.29 is 14.0 Å². The third kappa shape index (κ3) is 6.18. The number of amides is 2. The summed E-state index contributed by atoms with van der Waals surface area (Å²) in [5.41, 5.74) is 3.02. The number of benzene rings is 1. The fourth-order valence-corrected chi connectivity index (χ4v) is 5.87. The van der Waals surface area contributed by atoms with Crippen LogP contribution >= 0.6 is 11.3 Å². The van der Waals surface area contributed by atoms with Crippen LogP contribution in [0.1, 0.15) is 54.7 Å². The van der Waals surface area contributed by atoms with E-state index in [9.17, 15) is 9.59 Å². The largest absolute Gasteiger partial charge is 0.440 e. The molecule has 1 aliphatic rings. The van der Waals surface area contributed by atoms with Gasteiger partial charge in [-0.1, -0.05) is 33.4 Å². The van der Waals surface area contributed by atoms with E-state index in [1.54, 1.807) is 19.2 Å². The van der Waals surface area contributed by atoms with E-state index in [1.807, 2.05) is 15.5 Å². The Bertz CT molecular complexity index is 1540. The number of imidazole rings is 1. The number of aryl methyl sites for hydroxylation is 1. The highest BCUT2D eigenvalue weighted by atomic mass is 32.1. The summed E-state index contributed by atoms with van der Waals surface area (Å²) in [5, 5.41) is 6.55. The maximum Gasteiger partial charge on any atom is 0.268 e. The minimum Gasteiger partial charge on any atom is -0.440 e. The normalized spacial score (nSPS) is 15.6. The standard InChI is InChI=1S/C30H36N6O3S/c1-6-27(37)35-13-7-8-21(35)17-36-23-10-9-20(15-31-18-30(3,4)5)14-22(23)33-29(36)34-28(38)26-12-11-25(40-26)24-16-32-19(2)39-24/h6,9-12,14,16,21,31H,1,7-8,13,15,17-18H2,2-5H3,(H,33,34,38). The molecule has 1 fully saturated rings. The predicted octanol–water partition coefficient (Wildman–Crippen LogP) is 5.63. The molecule has 0 bridgehead atoms. The summed E-state index contributed by atoms with van der Waals surface area (Å²) in [7, 11) is 0. The highest BCUT2D eigenvalue weighted by Gasteiger charge is 2.29. The van der Waals surface area contributed by atoms with Gasteiger partial charge in [-0.25, -0.2) is 9.97 Å². The number of oxazole rings is 1. The molecule has 9 nitrogen and oxygen atoms in total. The topological polar surface area (TPSA) is 105 Å². The SMILES string of the molecule is C=CC(=O)N1CCCC1Cn1c(NC(=O)c2ccc(-c3cnc(C)o3)s2)nc2cc(CNCC(C)(C)C)ccc21. The van der Waals surface area contributed by atoms with Crippen LogP contribution in [0.2, 0.25) is 0 Å². The first-order chi connectivity index (χ1) is 19.1. The minimum absolute atomic E-state index is 0.00489. The number of carbonyl (C=O) groups is 2. The third-order valence-electron chi connectivity index (χ3n) is 6.94. The maximum atomic E-state index is 13.4. The van der Waals surface area contributed by atoms with Crippen LogP contribution in [0.15, 0.2) is 53.6 Å². The molecule has 10 heteroatoms. The molecule has 1 aromatic carbocycles. The number of fused-ring (bicyclic) bond motifs is 1. The van der Waals surface area contributed by atoms with Crippen molar-refractivity contribution in [3.8, 4) is 10.6 Å². The summed E-state index contributed by atoms with van der Waals surface area (Å²) >= 11 is 1.34. The molecular formula is C30H36N6O3S. The van der Waals surface area contributed by atoms with Gasteiger partial charge in [0.15, 0.2) is 11.7 Å². The van der Waals surface area contributed by atoms with E-state index in [1.165, 1.54) is 17.4 Å². The zero-order chi connectivity index (χ0) is 28.4. The summed E-state index contributed by atoms with van der Waals surface area (Å²) in [6, 6.07) is 9.84. The summed E-state index contributed by atoms with van der Waals surface area (Å²) in [4.78, 5) is 38.1. The molecule has 2 amide bonds. The Morgan fingerprint density at radius 1 is 1.25 bits per heavy atom. The molecule has 3 aromatic heterocycles. The minimum atomic E-state index is -0.249. The van der Waals surface area contributed by atoms with Crippen molar-refractivity contribution in [3.05, 3.63) is 65.5 Å². The average Bonchev–Trinajstić information content (AvgIpc) is 3.70. The van der Waals surface area contributed by atoms with Crippen molar-refractivity contribution in [1.29, 1.82) is 0 Å². The Balaban J connectivity index is 1.43. The van der Waals surface area contributed by atoms with Crippen molar-refractivity contribution in [3.63, 3.8) is 0 Å². The second kappa shape index (κ2) is 11.4. The van der Waals surface area contributed by atoms with Crippen LogP contribution in [0.5, 0.6) is 0 Å². The van der Waals surface area contributed by atoms with Crippen molar-refractivity contribution >= 4 is 40.1 Å². The molecule has 40 heavy (non-hydrogen) atoms. The Morgan fingerprint density at radius 3 is 2.80 bits per heavy atom. The lowest BCUT2D eigenvalue weighted by atomic mass is 9.97. The molecule has 1 atom stereocenters. The Labute approximate surface area is 238 Å². The zero-order valence-corrected chi connectivity index (χ0v) is 24.3. The Hall–Kier alpha value is -3.76. The van der Waals surface area contributed by atoms with Gasteiger partial charge in [-0.15, -0.1) is 11.3 Å². The molecule has 210 valence electrons. The lowest BCUT2D eigenvalue weighted by molar-refractivity contribution is -0.126. The number of nitrogens with zero attached hydrogens (tertiary/aromatic N) is 4. The van der Waals surface area contributed by atoms with E-state index in [0.29, 0.717) is 35.6 Å². The van der Waals surface area contributed by atoms with Crippen molar-refractivity contribution in [1.82, 2.24) is 24.8 Å². The van der Waals surface area contributed by atoms with Crippen LogP contribution in [0.3, 0.4) is 0 Å². The monoisotopic (exact) mass is 560 g/mol. The lowest BCUT2D eigenvalue weighted by Gasteiger charge is -2.24. The average molecular weight is 561 g/mol. The maximum absolute atomic E-state index is 13.4. The van der Waals surface area contributed by atoms with Crippen LogP contribution < -0.4 is 10.6 Å². The molecule has 0 aliphatic carbocycles. The van der Waals surface area contributed by atoms with E-state index in [4.69, 9.17) is 9.40 Å². The fraction of sp³-hybridized carbons (Fsp3) is 0.400. The number of aromatic nitrogens is 3. The number of hydrogen-bond acceptors (Lipinski definition) is 7. The van der Waals surface area contributed by atoms with E-state index in [2.05, 4.69) is 61.2 Å². The van der Waals surface area contributed by atoms with Gasteiger partial charge in [0.25, 0.3) is 5.91 Å². The highest BCUT2D eigenvalue weighted by molar-refractivity contribution is 7.17. The molecule has 1 aliphatic heterocycles. The molecule has 1 saturated heterocycles. The molecule has 0 saturated carbocycles. The van der Waals surface area contributed by atoms with Gasteiger partial charge in [0.05, 0.1) is 33.0 Å². The van der Waals surface area contributed by atoms with Crippen LogP contribution in [0.25, 0.3) is 21.7 Å². The van der Waals surface area contributed by atoms with Crippen molar-refractivity contribution in [2.24, 2.45) is 5.41 Å². The predicted molar refractivity (Wildman–Crippen MR) is 158 cm³/mol. The molecule has 4 heterocycles. The van der Waals surface area contributed by atoms with E-state index >= 15 is 0 Å². The number of likely N-dealkylation sites (tertiary alicyclic amines) is 1. The van der Waals surface area contributed by atoms with Crippen LogP contribution in [-0.4, -0.2) is 50.4 Å². The first-order valence-corrected chi connectivity index (χ1v) is 14.4. The van der Waals surface area contributed by atoms with Gasteiger partial charge in [0, 0.05) is 33.1 Å². The molecule has 0 radical (unpaired) electrons. The number of hydrogen-bond donors (Lipinski definition) is 2. The van der Waals surface area contributed by atoms with Gasteiger partial charge in [-0.3, -0.25) is 14.9 Å². The molecule has 0 spiro atoms. The highest BCUT2D eigenvalue weighted by Crippen LogP contribution is 2.30. The summed E-state index contributed by atoms with van der Waals surface area (Å²) in [6.45, 7) is 14.9. The fourth-order valence-electron chi connectivity index (χ4n) is 5.02. The number of rotatable bonds is 9. The van der Waals surface area contributed by atoms with Gasteiger partial charge in [-0.2, -0.15) is 0 Å². The molecule has 4 aromatic rings. The molecular weight excluding hydrogens is 524 g/mol. The van der Waals surface area contributed by atoms with Crippen LogP contribution in [-0.2, 0) is 17.9 Å². The van der Waals surface area contributed by atoms with E-state index in [0.717, 1.165) is 47.4 Å². The van der Waals surface area contributed by atoms with Gasteiger partial charge in [0.1, 0.15) is 0 Å². The number of nitrogens with one attached hydrogen (secondary N) is 2. The number of thiophene rings is 1. The Morgan fingerprint density at radius 2 is 2.08 bits per heavy atom. The van der Waals surface area contributed by atoms with Gasteiger partial charge < -0.3 is 19.2 Å². The summed E-state index contributed by atoms with van der Waals surface area (Å²) in [6.07, 6.45) is 4.84. The number of carbonyl (C=O) groups excluding carboxylic acids is 2. The molecule has 2 N–H and O–H groups in total. The van der Waals surface area contributed by atoms with Crippen LogP contribution in [0, 0.1) is 12.3 Å². The summed E-state index contributed by atoms with van der Waals surface area (Å²) < 4.78 is 7.64. The molecule has 5 rings (SSSR count). The first kappa shape index (κ1) is 27.8. The molecule has 1 unspecified atom stereocenters. The number of anilines is 1. The van der Waals surface area contributed by atoms with Crippen LogP contribution in [0.4, 0.5) is 5.95 Å². The smallest absolute Gasteiger partial charge is 0.268 e. The Kier molecular flexibility index (Phi) is 7.91. The second-order valence-corrected chi connectivity index (χ2v) is 12.5. The van der Waals surface area contributed by atoms with E-state index < -0.39 is 0 Å². The van der Waals surface area contributed by atoms with Gasteiger partial charge >= 0.3 is 0 Å². The third-order valence-corrected chi connectivity index (χ3v) is 8.04. The van der Waals surface area contributed by atoms with Gasteiger partial charge in [0.2, 0.25) is 11.9 Å². The lowest BCUT2D eigenvalue weighted by Crippen LogP contribution is -2.37. The van der Waals surface area contributed by atoms with Crippen molar-refractivity contribution in [2.45, 2.75) is 59.7 Å². The second-order valence-electron chi connectivity index (χ2n) is 11.4. The zero-order valence-electron chi connectivity index (χ0n) is 23.5. The summed E-state index contributed by atoms with van der Waals surface area (Å²) in [5.74, 6) is 1.35. The first-order valence-electron chi connectivity index (χ1n) is 13.6.